The molecule has 0 bridgehead atoms. The van der Waals surface area contributed by atoms with Crippen molar-refractivity contribution in [1.82, 2.24) is 4.98 Å². The predicted octanol–water partition coefficient (Wildman–Crippen LogP) is 1.32. The Morgan fingerprint density at radius 2 is 2.35 bits per heavy atom. The molecule has 1 heterocycles. The molecule has 94 valence electrons. The smallest absolute Gasteiger partial charge is 0.252 e. The van der Waals surface area contributed by atoms with Crippen molar-refractivity contribution < 1.29 is 4.79 Å². The number of pyridine rings is 1. The van der Waals surface area contributed by atoms with Gasteiger partial charge in [0.05, 0.1) is 17.4 Å². The molecule has 1 amide bonds. The van der Waals surface area contributed by atoms with Crippen LogP contribution in [0.5, 0.6) is 0 Å². The van der Waals surface area contributed by atoms with Gasteiger partial charge in [-0.15, -0.1) is 0 Å². The lowest BCUT2D eigenvalue weighted by Crippen LogP contribution is -2.25. The molecule has 0 fully saturated rings. The first-order valence-corrected chi connectivity index (χ1v) is 6.78. The van der Waals surface area contributed by atoms with Crippen LogP contribution < -0.4 is 16.8 Å². The average Bonchev–Trinajstić information content (AvgIpc) is 2.30. The predicted molar refractivity (Wildman–Crippen MR) is 73.3 cm³/mol. The summed E-state index contributed by atoms with van der Waals surface area (Å²) in [5.74, 6) is 0.930. The van der Waals surface area contributed by atoms with Gasteiger partial charge in [-0.3, -0.25) is 4.79 Å². The third-order valence-electron chi connectivity index (χ3n) is 2.38. The number of nitrogens with one attached hydrogen (secondary N) is 1. The van der Waals surface area contributed by atoms with Gasteiger partial charge >= 0.3 is 0 Å². The van der Waals surface area contributed by atoms with Crippen LogP contribution in [0.15, 0.2) is 12.3 Å². The number of primary amides is 1. The zero-order chi connectivity index (χ0) is 12.8. The highest BCUT2D eigenvalue weighted by molar-refractivity contribution is 7.98. The Kier molecular flexibility index (Phi) is 5.09. The Bertz CT molecular complexity index is 397. The minimum absolute atomic E-state index is 0.263. The molecule has 5 N–H and O–H groups in total. The summed E-state index contributed by atoms with van der Waals surface area (Å²) in [4.78, 5) is 15.4. The Morgan fingerprint density at radius 3 is 2.88 bits per heavy atom. The first-order chi connectivity index (χ1) is 8.08. The van der Waals surface area contributed by atoms with Gasteiger partial charge in [0.1, 0.15) is 5.82 Å². The van der Waals surface area contributed by atoms with Crippen molar-refractivity contribution >= 4 is 29.2 Å². The topological polar surface area (TPSA) is 94.0 Å². The average molecular weight is 254 g/mol. The largest absolute Gasteiger partial charge is 0.397 e. The molecule has 1 aromatic heterocycles. The highest BCUT2D eigenvalue weighted by Crippen LogP contribution is 2.17. The molecule has 1 atom stereocenters. The second kappa shape index (κ2) is 6.34. The van der Waals surface area contributed by atoms with E-state index in [1.165, 1.54) is 6.20 Å². The minimum atomic E-state index is -0.522. The number of nitrogens with zero attached hydrogens (tertiary/aromatic N) is 1. The molecule has 0 aromatic carbocycles. The molecular formula is C11H18N4OS. The second-order valence-corrected chi connectivity index (χ2v) is 4.64. The Balaban J connectivity index is 2.92. The second-order valence-electron chi connectivity index (χ2n) is 3.73. The number of nitrogens with two attached hydrogens (primary N) is 2. The van der Waals surface area contributed by atoms with E-state index in [1.54, 1.807) is 17.8 Å². The van der Waals surface area contributed by atoms with Crippen LogP contribution in [0.4, 0.5) is 11.5 Å². The molecule has 5 nitrogen and oxygen atoms in total. The van der Waals surface area contributed by atoms with E-state index in [4.69, 9.17) is 11.5 Å². The molecule has 1 aromatic rings. The minimum Gasteiger partial charge on any atom is -0.397 e. The molecule has 0 saturated carbocycles. The number of hydrogen-bond donors (Lipinski definition) is 3. The van der Waals surface area contributed by atoms with E-state index in [0.717, 1.165) is 12.2 Å². The van der Waals surface area contributed by atoms with Crippen LogP contribution >= 0.6 is 11.8 Å². The molecule has 0 spiro atoms. The van der Waals surface area contributed by atoms with Crippen LogP contribution in [-0.4, -0.2) is 28.9 Å². The third-order valence-corrected chi connectivity index (χ3v) is 3.11. The van der Waals surface area contributed by atoms with E-state index in [2.05, 4.69) is 17.2 Å². The monoisotopic (exact) mass is 254 g/mol. The molecule has 17 heavy (non-hydrogen) atoms. The summed E-state index contributed by atoms with van der Waals surface area (Å²) in [7, 11) is 0. The highest BCUT2D eigenvalue weighted by Gasteiger charge is 2.13. The molecule has 1 unspecified atom stereocenters. The number of hydrogen-bond acceptors (Lipinski definition) is 5. The standard InChI is InChI=1S/C11H18N4OS/c1-3-8(6-17-2)15-11-9(10(13)16)4-7(12)5-14-11/h4-5,8H,3,6,12H2,1-2H3,(H2,13,16)(H,14,15). The molecule has 0 aliphatic rings. The van der Waals surface area contributed by atoms with Gasteiger partial charge in [0, 0.05) is 11.8 Å². The SMILES string of the molecule is CCC(CSC)Nc1ncc(N)cc1C(N)=O. The third kappa shape index (κ3) is 3.81. The van der Waals surface area contributed by atoms with Crippen LogP contribution in [0, 0.1) is 0 Å². The number of rotatable bonds is 6. The Hall–Kier alpha value is -1.43. The maximum Gasteiger partial charge on any atom is 0.252 e. The Morgan fingerprint density at radius 1 is 1.65 bits per heavy atom. The van der Waals surface area contributed by atoms with Gasteiger partial charge in [0.25, 0.3) is 5.91 Å². The van der Waals surface area contributed by atoms with Gasteiger partial charge in [-0.2, -0.15) is 11.8 Å². The van der Waals surface area contributed by atoms with Crippen molar-refractivity contribution in [2.45, 2.75) is 19.4 Å². The van der Waals surface area contributed by atoms with Crippen LogP contribution in [0.1, 0.15) is 23.7 Å². The fourth-order valence-corrected chi connectivity index (χ4v) is 2.16. The summed E-state index contributed by atoms with van der Waals surface area (Å²) in [6, 6.07) is 1.81. The fourth-order valence-electron chi connectivity index (χ4n) is 1.44. The number of nitrogen functional groups attached to an aromatic ring is 1. The van der Waals surface area contributed by atoms with E-state index < -0.39 is 5.91 Å². The van der Waals surface area contributed by atoms with Crippen LogP contribution in [-0.2, 0) is 0 Å². The number of amides is 1. The number of carbonyl (C=O) groups excluding carboxylic acids is 1. The summed E-state index contributed by atoms with van der Waals surface area (Å²) in [6.07, 6.45) is 4.50. The Labute approximate surface area is 105 Å². The quantitative estimate of drug-likeness (QED) is 0.711. The summed E-state index contributed by atoms with van der Waals surface area (Å²) < 4.78 is 0. The first-order valence-electron chi connectivity index (χ1n) is 5.39. The van der Waals surface area contributed by atoms with Crippen LogP contribution in [0.2, 0.25) is 0 Å². The van der Waals surface area contributed by atoms with Gasteiger partial charge < -0.3 is 16.8 Å². The molecule has 0 aliphatic heterocycles. The van der Waals surface area contributed by atoms with Crippen molar-refractivity contribution in [2.75, 3.05) is 23.1 Å². The van der Waals surface area contributed by atoms with E-state index in [9.17, 15) is 4.79 Å². The van der Waals surface area contributed by atoms with Crippen molar-refractivity contribution in [1.29, 1.82) is 0 Å². The first kappa shape index (κ1) is 13.6. The summed E-state index contributed by atoms with van der Waals surface area (Å²) in [5.41, 5.74) is 11.7. The highest BCUT2D eigenvalue weighted by atomic mass is 32.2. The van der Waals surface area contributed by atoms with Gasteiger partial charge in [-0.25, -0.2) is 4.98 Å². The van der Waals surface area contributed by atoms with E-state index in [1.807, 2.05) is 6.26 Å². The molecule has 6 heteroatoms. The van der Waals surface area contributed by atoms with E-state index in [-0.39, 0.29) is 6.04 Å². The number of aromatic nitrogens is 1. The van der Waals surface area contributed by atoms with Gasteiger partial charge in [0.15, 0.2) is 0 Å². The van der Waals surface area contributed by atoms with Crippen molar-refractivity contribution in [3.05, 3.63) is 17.8 Å². The summed E-state index contributed by atoms with van der Waals surface area (Å²) in [5, 5.41) is 3.22. The number of thioether (sulfide) groups is 1. The maximum atomic E-state index is 11.3. The normalized spacial score (nSPS) is 12.1. The van der Waals surface area contributed by atoms with Crippen molar-refractivity contribution in [2.24, 2.45) is 5.73 Å². The zero-order valence-corrected chi connectivity index (χ0v) is 10.9. The van der Waals surface area contributed by atoms with Gasteiger partial charge in [-0.1, -0.05) is 6.92 Å². The molecule has 0 radical (unpaired) electrons. The molecule has 0 aliphatic carbocycles. The van der Waals surface area contributed by atoms with Crippen LogP contribution in [0.3, 0.4) is 0 Å². The maximum absolute atomic E-state index is 11.3. The van der Waals surface area contributed by atoms with Gasteiger partial charge in [0.2, 0.25) is 0 Å². The summed E-state index contributed by atoms with van der Waals surface area (Å²) in [6.45, 7) is 2.08. The fraction of sp³-hybridized carbons (Fsp3) is 0.455. The lowest BCUT2D eigenvalue weighted by Gasteiger charge is -2.18. The lowest BCUT2D eigenvalue weighted by molar-refractivity contribution is 0.100. The molecule has 1 rings (SSSR count). The molecular weight excluding hydrogens is 236 g/mol. The van der Waals surface area contributed by atoms with Crippen molar-refractivity contribution in [3.8, 4) is 0 Å². The zero-order valence-electron chi connectivity index (χ0n) is 10.1. The molecule has 0 saturated heterocycles. The number of anilines is 2. The van der Waals surface area contributed by atoms with Crippen molar-refractivity contribution in [3.63, 3.8) is 0 Å². The lowest BCUT2D eigenvalue weighted by atomic mass is 10.2. The summed E-state index contributed by atoms with van der Waals surface area (Å²) >= 11 is 1.74. The number of carbonyl (C=O) groups is 1. The van der Waals surface area contributed by atoms with Crippen LogP contribution in [0.25, 0.3) is 0 Å². The van der Waals surface area contributed by atoms with E-state index >= 15 is 0 Å². The van der Waals surface area contributed by atoms with E-state index in [0.29, 0.717) is 17.1 Å². The van der Waals surface area contributed by atoms with Gasteiger partial charge in [-0.05, 0) is 18.7 Å².